The van der Waals surface area contributed by atoms with Gasteiger partial charge in [-0.05, 0) is 30.4 Å². The molecule has 0 spiro atoms. The van der Waals surface area contributed by atoms with Gasteiger partial charge in [-0.1, -0.05) is 13.8 Å². The molecule has 146 valence electrons. The van der Waals surface area contributed by atoms with Crippen molar-refractivity contribution in [3.8, 4) is 5.75 Å². The Bertz CT molecular complexity index is 967. The van der Waals surface area contributed by atoms with E-state index in [4.69, 9.17) is 4.74 Å². The number of pyridine rings is 2. The molecule has 4 heterocycles. The lowest BCUT2D eigenvalue weighted by atomic mass is 9.95. The topological polar surface area (TPSA) is 71.2 Å². The Balaban J connectivity index is 0.00000210. The minimum Gasteiger partial charge on any atom is -0.488 e. The zero-order valence-corrected chi connectivity index (χ0v) is 16.0. The third-order valence-corrected chi connectivity index (χ3v) is 5.50. The van der Waals surface area contributed by atoms with Crippen molar-refractivity contribution in [1.29, 1.82) is 0 Å². The minimum atomic E-state index is -1.31. The van der Waals surface area contributed by atoms with Gasteiger partial charge in [0.05, 0.1) is 18.3 Å². The van der Waals surface area contributed by atoms with Gasteiger partial charge in [0, 0.05) is 19.0 Å². The summed E-state index contributed by atoms with van der Waals surface area (Å²) in [6.45, 7) is 5.86. The number of anilines is 1. The second-order valence-corrected chi connectivity index (χ2v) is 7.38. The highest BCUT2D eigenvalue weighted by Crippen LogP contribution is 2.43. The predicted octanol–water partition coefficient (Wildman–Crippen LogP) is 3.29. The summed E-state index contributed by atoms with van der Waals surface area (Å²) in [6.07, 6.45) is 3.04. The smallest absolute Gasteiger partial charge is 0.341 e. The highest BCUT2D eigenvalue weighted by Gasteiger charge is 2.31. The molecule has 0 saturated carbocycles. The molecule has 1 fully saturated rings. The van der Waals surface area contributed by atoms with Crippen LogP contribution >= 0.6 is 12.4 Å². The van der Waals surface area contributed by atoms with Crippen LogP contribution < -0.4 is 15.2 Å². The molecule has 8 heteroatoms. The molecular formula is C19H22ClFN2O4. The van der Waals surface area contributed by atoms with Gasteiger partial charge in [0.2, 0.25) is 0 Å². The van der Waals surface area contributed by atoms with Crippen LogP contribution in [-0.4, -0.2) is 35.2 Å². The number of hydrogen-bond acceptors (Lipinski definition) is 4. The van der Waals surface area contributed by atoms with Crippen molar-refractivity contribution in [3.05, 3.63) is 39.6 Å². The number of carboxylic acid groups (broad SMARTS) is 1. The van der Waals surface area contributed by atoms with Gasteiger partial charge in [-0.15, -0.1) is 12.4 Å². The fraction of sp³-hybridized carbons (Fsp3) is 0.474. The third kappa shape index (κ3) is 3.04. The van der Waals surface area contributed by atoms with Crippen molar-refractivity contribution in [2.75, 3.05) is 24.6 Å². The molecule has 6 nitrogen and oxygen atoms in total. The highest BCUT2D eigenvalue weighted by molar-refractivity contribution is 5.90. The molecule has 2 aliphatic rings. The van der Waals surface area contributed by atoms with E-state index in [2.05, 4.69) is 6.92 Å². The van der Waals surface area contributed by atoms with E-state index in [0.29, 0.717) is 35.0 Å². The van der Waals surface area contributed by atoms with Crippen molar-refractivity contribution >= 4 is 29.6 Å². The van der Waals surface area contributed by atoms with Crippen molar-refractivity contribution in [2.24, 2.45) is 5.92 Å². The lowest BCUT2D eigenvalue weighted by molar-refractivity contribution is 0.0694. The predicted molar refractivity (Wildman–Crippen MR) is 102 cm³/mol. The van der Waals surface area contributed by atoms with Crippen LogP contribution in [-0.2, 0) is 0 Å². The van der Waals surface area contributed by atoms with Crippen LogP contribution in [0.15, 0.2) is 17.1 Å². The molecule has 2 aromatic heterocycles. The summed E-state index contributed by atoms with van der Waals surface area (Å²) in [6, 6.07) is 1.41. The molecule has 1 saturated heterocycles. The van der Waals surface area contributed by atoms with E-state index < -0.39 is 17.3 Å². The molecule has 1 atom stereocenters. The van der Waals surface area contributed by atoms with E-state index in [0.717, 1.165) is 36.5 Å². The molecule has 0 radical (unpaired) electrons. The van der Waals surface area contributed by atoms with E-state index in [1.165, 1.54) is 6.07 Å². The average Bonchev–Trinajstić information content (AvgIpc) is 2.60. The van der Waals surface area contributed by atoms with Crippen LogP contribution in [0.25, 0.3) is 5.52 Å². The molecule has 27 heavy (non-hydrogen) atoms. The van der Waals surface area contributed by atoms with Crippen LogP contribution in [0.5, 0.6) is 5.75 Å². The molecule has 0 bridgehead atoms. The van der Waals surface area contributed by atoms with Gasteiger partial charge in [0.15, 0.2) is 11.6 Å². The van der Waals surface area contributed by atoms with Crippen LogP contribution in [0.2, 0.25) is 0 Å². The van der Waals surface area contributed by atoms with Crippen LogP contribution in [0, 0.1) is 11.7 Å². The minimum absolute atomic E-state index is 0. The largest absolute Gasteiger partial charge is 0.488 e. The number of carboxylic acids is 1. The van der Waals surface area contributed by atoms with Crippen LogP contribution in [0.3, 0.4) is 0 Å². The van der Waals surface area contributed by atoms with E-state index in [9.17, 15) is 19.1 Å². The van der Waals surface area contributed by atoms with Gasteiger partial charge >= 0.3 is 5.97 Å². The van der Waals surface area contributed by atoms with Crippen LogP contribution in [0.1, 0.15) is 48.5 Å². The Morgan fingerprint density at radius 2 is 1.96 bits per heavy atom. The maximum Gasteiger partial charge on any atom is 0.341 e. The molecule has 0 amide bonds. The first-order valence-corrected chi connectivity index (χ1v) is 8.91. The van der Waals surface area contributed by atoms with E-state index in [-0.39, 0.29) is 23.9 Å². The molecule has 2 aliphatic heterocycles. The number of aromatic nitrogens is 1. The number of rotatable bonds is 2. The van der Waals surface area contributed by atoms with E-state index in [1.54, 1.807) is 0 Å². The SMILES string of the molecule is CC1CCN(c2c(F)cn3c(=O)c(C(=O)O)cc4c3c2OC[C@H]4C)CC1.Cl. The molecule has 0 aromatic carbocycles. The second kappa shape index (κ2) is 7.03. The first-order chi connectivity index (χ1) is 12.4. The molecule has 2 aromatic rings. The second-order valence-electron chi connectivity index (χ2n) is 7.38. The van der Waals surface area contributed by atoms with E-state index in [1.807, 2.05) is 11.8 Å². The zero-order chi connectivity index (χ0) is 18.6. The Morgan fingerprint density at radius 1 is 1.30 bits per heavy atom. The number of hydrogen-bond donors (Lipinski definition) is 1. The summed E-state index contributed by atoms with van der Waals surface area (Å²) < 4.78 is 21.9. The molecular weight excluding hydrogens is 375 g/mol. The first kappa shape index (κ1) is 19.5. The summed E-state index contributed by atoms with van der Waals surface area (Å²) in [4.78, 5) is 25.9. The molecule has 0 aliphatic carbocycles. The lowest BCUT2D eigenvalue weighted by Gasteiger charge is -2.35. The quantitative estimate of drug-likeness (QED) is 0.843. The normalized spacial score (nSPS) is 19.5. The number of nitrogens with zero attached hydrogens (tertiary/aromatic N) is 2. The van der Waals surface area contributed by atoms with Gasteiger partial charge in [-0.25, -0.2) is 9.18 Å². The van der Waals surface area contributed by atoms with Crippen molar-refractivity contribution in [3.63, 3.8) is 0 Å². The van der Waals surface area contributed by atoms with Gasteiger partial charge in [0.1, 0.15) is 11.3 Å². The maximum absolute atomic E-state index is 15.0. The fourth-order valence-corrected chi connectivity index (χ4v) is 3.91. The summed E-state index contributed by atoms with van der Waals surface area (Å²) in [7, 11) is 0. The molecule has 0 unspecified atom stereocenters. The Labute approximate surface area is 162 Å². The van der Waals surface area contributed by atoms with Crippen molar-refractivity contribution in [2.45, 2.75) is 32.6 Å². The molecule has 1 N–H and O–H groups in total. The number of halogens is 2. The average molecular weight is 397 g/mol. The van der Waals surface area contributed by atoms with Crippen molar-refractivity contribution < 1.29 is 19.0 Å². The lowest BCUT2D eigenvalue weighted by Crippen LogP contribution is -2.35. The van der Waals surface area contributed by atoms with Crippen molar-refractivity contribution in [1.82, 2.24) is 4.40 Å². The maximum atomic E-state index is 15.0. The first-order valence-electron chi connectivity index (χ1n) is 8.91. The number of ether oxygens (including phenoxy) is 1. The zero-order valence-electron chi connectivity index (χ0n) is 15.2. The highest BCUT2D eigenvalue weighted by atomic mass is 35.5. The number of carbonyl (C=O) groups is 1. The van der Waals surface area contributed by atoms with Gasteiger partial charge in [0.25, 0.3) is 5.56 Å². The summed E-state index contributed by atoms with van der Waals surface area (Å²) in [5.74, 6) is -1.01. The summed E-state index contributed by atoms with van der Waals surface area (Å²) in [5.41, 5.74) is 0.472. The number of piperidine rings is 1. The number of aromatic carboxylic acids is 1. The summed E-state index contributed by atoms with van der Waals surface area (Å²) in [5, 5.41) is 9.32. The Morgan fingerprint density at radius 3 is 2.59 bits per heavy atom. The van der Waals surface area contributed by atoms with Gasteiger partial charge in [-0.2, -0.15) is 0 Å². The molecule has 4 rings (SSSR count). The fourth-order valence-electron chi connectivity index (χ4n) is 3.91. The standard InChI is InChI=1S/C19H21FN2O4.ClH/c1-10-3-5-21(6-4-10)16-14(20)8-22-15-12(11(2)9-26-17(15)16)7-13(18(22)23)19(24)25;/h7-8,10-11H,3-6,9H2,1-2H3,(H,24,25);1H/t11-;/m1./s1. The van der Waals surface area contributed by atoms with Gasteiger partial charge < -0.3 is 14.7 Å². The Hall–Kier alpha value is -2.28. The Kier molecular flexibility index (Phi) is 5.08. The van der Waals surface area contributed by atoms with Crippen LogP contribution in [0.4, 0.5) is 10.1 Å². The van der Waals surface area contributed by atoms with E-state index >= 15 is 0 Å². The van der Waals surface area contributed by atoms with Gasteiger partial charge in [-0.3, -0.25) is 9.20 Å². The summed E-state index contributed by atoms with van der Waals surface area (Å²) >= 11 is 0. The monoisotopic (exact) mass is 396 g/mol. The third-order valence-electron chi connectivity index (χ3n) is 5.50.